The molecule has 3 nitrogen and oxygen atoms in total. The largest absolute Gasteiger partial charge is 0.381 e. The van der Waals surface area contributed by atoms with Crippen LogP contribution in [0.5, 0.6) is 0 Å². The molecular formula is C30H36FN3. The van der Waals surface area contributed by atoms with Gasteiger partial charge in [0.25, 0.3) is 0 Å². The smallest absolute Gasteiger partial charge is 0.126 e. The van der Waals surface area contributed by atoms with E-state index in [2.05, 4.69) is 77.9 Å². The maximum atomic E-state index is 14.8. The molecule has 1 atom stereocenters. The molecule has 178 valence electrons. The number of benzene rings is 1. The van der Waals surface area contributed by atoms with Crippen molar-refractivity contribution >= 4 is 29.4 Å². The summed E-state index contributed by atoms with van der Waals surface area (Å²) in [6, 6.07) is 10.8. The molecule has 1 aliphatic rings. The first kappa shape index (κ1) is 25.4. The van der Waals surface area contributed by atoms with Gasteiger partial charge in [0.15, 0.2) is 0 Å². The van der Waals surface area contributed by atoms with Crippen molar-refractivity contribution in [2.75, 3.05) is 7.05 Å². The van der Waals surface area contributed by atoms with Crippen LogP contribution in [0.25, 0.3) is 23.2 Å². The summed E-state index contributed by atoms with van der Waals surface area (Å²) in [6.45, 7) is 12.3. The van der Waals surface area contributed by atoms with E-state index in [-0.39, 0.29) is 11.9 Å². The van der Waals surface area contributed by atoms with E-state index in [1.807, 2.05) is 19.2 Å². The van der Waals surface area contributed by atoms with E-state index in [0.717, 1.165) is 46.9 Å². The fraction of sp³-hybridized carbons (Fsp3) is 0.333. The molecule has 0 spiro atoms. The number of aromatic nitrogens is 1. The summed E-state index contributed by atoms with van der Waals surface area (Å²) >= 11 is 0. The second-order valence-electron chi connectivity index (χ2n) is 8.71. The highest BCUT2D eigenvalue weighted by Crippen LogP contribution is 2.18. The Bertz CT molecular complexity index is 1200. The molecule has 1 N–H and O–H groups in total. The second kappa shape index (κ2) is 12.3. The van der Waals surface area contributed by atoms with Crippen LogP contribution in [-0.4, -0.2) is 24.3 Å². The molecular weight excluding hydrogens is 421 g/mol. The van der Waals surface area contributed by atoms with Gasteiger partial charge < -0.3 is 5.32 Å². The first-order valence-electron chi connectivity index (χ1n) is 12.1. The SMILES string of the molecule is C=CCC(CCC)NC(=C)c1cc(Cc2ccc(/C(C=NC)=C/C)cc2)c2c(n1)=C(F)CCC=2. The van der Waals surface area contributed by atoms with Crippen LogP contribution in [0.2, 0.25) is 0 Å². The second-order valence-corrected chi connectivity index (χ2v) is 8.71. The molecule has 1 aromatic carbocycles. The van der Waals surface area contributed by atoms with E-state index >= 15 is 0 Å². The number of rotatable bonds is 11. The maximum absolute atomic E-state index is 14.8. The molecule has 1 aromatic heterocycles. The van der Waals surface area contributed by atoms with Gasteiger partial charge >= 0.3 is 0 Å². The Kier molecular flexibility index (Phi) is 9.15. The van der Waals surface area contributed by atoms with Crippen LogP contribution in [0.15, 0.2) is 60.6 Å². The van der Waals surface area contributed by atoms with Crippen LogP contribution < -0.4 is 15.9 Å². The highest BCUT2D eigenvalue weighted by molar-refractivity contribution is 6.09. The quantitative estimate of drug-likeness (QED) is 0.345. The van der Waals surface area contributed by atoms with Crippen molar-refractivity contribution in [2.24, 2.45) is 4.99 Å². The molecule has 0 radical (unpaired) electrons. The Morgan fingerprint density at radius 2 is 2.06 bits per heavy atom. The number of nitrogens with one attached hydrogen (secondary N) is 1. The predicted octanol–water partition coefficient (Wildman–Crippen LogP) is 5.73. The number of aliphatic imine (C=N–C) groups is 1. The van der Waals surface area contributed by atoms with Crippen molar-refractivity contribution in [1.29, 1.82) is 0 Å². The van der Waals surface area contributed by atoms with E-state index in [4.69, 9.17) is 0 Å². The van der Waals surface area contributed by atoms with Crippen molar-refractivity contribution < 1.29 is 4.39 Å². The van der Waals surface area contributed by atoms with E-state index in [0.29, 0.717) is 30.3 Å². The Morgan fingerprint density at radius 1 is 1.29 bits per heavy atom. The Hall–Kier alpha value is -3.27. The molecule has 0 amide bonds. The van der Waals surface area contributed by atoms with Crippen molar-refractivity contribution in [3.8, 4) is 0 Å². The van der Waals surface area contributed by atoms with Gasteiger partial charge in [0.05, 0.1) is 11.4 Å². The van der Waals surface area contributed by atoms with E-state index in [1.54, 1.807) is 7.05 Å². The van der Waals surface area contributed by atoms with E-state index in [1.165, 1.54) is 5.56 Å². The minimum atomic E-state index is -0.142. The Morgan fingerprint density at radius 3 is 2.71 bits per heavy atom. The maximum Gasteiger partial charge on any atom is 0.126 e. The van der Waals surface area contributed by atoms with Gasteiger partial charge in [-0.15, -0.1) is 6.58 Å². The average molecular weight is 458 g/mol. The number of allylic oxidation sites excluding steroid dienone is 2. The van der Waals surface area contributed by atoms with Crippen molar-refractivity contribution in [1.82, 2.24) is 10.3 Å². The summed E-state index contributed by atoms with van der Waals surface area (Å²) in [5, 5.41) is 4.87. The van der Waals surface area contributed by atoms with Crippen LogP contribution in [-0.2, 0) is 6.42 Å². The summed E-state index contributed by atoms with van der Waals surface area (Å²) in [4.78, 5) is 8.82. The molecule has 4 heteroatoms. The predicted molar refractivity (Wildman–Crippen MR) is 145 cm³/mol. The fourth-order valence-corrected chi connectivity index (χ4v) is 4.41. The standard InChI is InChI=1S/C30H36FN3/c1-6-10-26(11-7-2)33-21(4)29-19-25(27-12-9-13-28(31)30(27)34-29)18-22-14-16-24(17-15-22)23(8-3)20-32-5/h6,8,12,14-17,19-20,26,33H,1,4,7,9-11,13,18H2,2-3,5H3/b23-8+,32-20?. The summed E-state index contributed by atoms with van der Waals surface area (Å²) in [5.74, 6) is -0.142. The topological polar surface area (TPSA) is 37.3 Å². The first-order valence-corrected chi connectivity index (χ1v) is 12.1. The van der Waals surface area contributed by atoms with Crippen LogP contribution in [0, 0.1) is 0 Å². The Balaban J connectivity index is 1.96. The zero-order chi connectivity index (χ0) is 24.5. The molecule has 0 bridgehead atoms. The van der Waals surface area contributed by atoms with Gasteiger partial charge in [0, 0.05) is 30.9 Å². The van der Waals surface area contributed by atoms with Gasteiger partial charge in [-0.3, -0.25) is 4.99 Å². The molecule has 2 aromatic rings. The minimum Gasteiger partial charge on any atom is -0.381 e. The number of hydrogen-bond acceptors (Lipinski definition) is 3. The Labute approximate surface area is 203 Å². The third-order valence-corrected chi connectivity index (χ3v) is 6.15. The first-order chi connectivity index (χ1) is 16.5. The van der Waals surface area contributed by atoms with Crippen molar-refractivity contribution in [2.45, 2.75) is 58.4 Å². The third-order valence-electron chi connectivity index (χ3n) is 6.15. The van der Waals surface area contributed by atoms with E-state index < -0.39 is 0 Å². The third kappa shape index (κ3) is 6.19. The number of nitrogens with zero attached hydrogens (tertiary/aromatic N) is 2. The van der Waals surface area contributed by atoms with Crippen LogP contribution >= 0.6 is 0 Å². The highest BCUT2D eigenvalue weighted by Gasteiger charge is 2.14. The van der Waals surface area contributed by atoms with Gasteiger partial charge in [-0.05, 0) is 60.9 Å². The molecule has 0 fully saturated rings. The molecule has 0 saturated carbocycles. The zero-order valence-electron chi connectivity index (χ0n) is 20.7. The molecule has 0 saturated heterocycles. The lowest BCUT2D eigenvalue weighted by molar-refractivity contribution is 0.549. The van der Waals surface area contributed by atoms with Gasteiger partial charge in [-0.1, -0.05) is 62.4 Å². The van der Waals surface area contributed by atoms with Gasteiger partial charge in [-0.25, -0.2) is 9.37 Å². The monoisotopic (exact) mass is 457 g/mol. The van der Waals surface area contributed by atoms with Gasteiger partial charge in [0.2, 0.25) is 0 Å². The molecule has 1 heterocycles. The normalized spacial score (nSPS) is 14.5. The van der Waals surface area contributed by atoms with Crippen molar-refractivity contribution in [3.05, 3.63) is 88.6 Å². The van der Waals surface area contributed by atoms with Gasteiger partial charge in [0.1, 0.15) is 11.2 Å². The average Bonchev–Trinajstić information content (AvgIpc) is 2.84. The van der Waals surface area contributed by atoms with Crippen LogP contribution in [0.4, 0.5) is 4.39 Å². The van der Waals surface area contributed by atoms with Gasteiger partial charge in [-0.2, -0.15) is 0 Å². The van der Waals surface area contributed by atoms with Crippen LogP contribution in [0.1, 0.15) is 68.3 Å². The number of pyridine rings is 1. The number of fused-ring (bicyclic) bond motifs is 1. The zero-order valence-corrected chi connectivity index (χ0v) is 20.7. The molecule has 1 aliphatic carbocycles. The summed E-state index contributed by atoms with van der Waals surface area (Å²) < 4.78 is 14.8. The number of halogens is 1. The number of hydrogen-bond donors (Lipinski definition) is 1. The molecule has 1 unspecified atom stereocenters. The summed E-state index contributed by atoms with van der Waals surface area (Å²) in [7, 11) is 1.78. The lowest BCUT2D eigenvalue weighted by Gasteiger charge is -2.20. The fourth-order valence-electron chi connectivity index (χ4n) is 4.41. The summed E-state index contributed by atoms with van der Waals surface area (Å²) in [6.07, 6.45) is 12.7. The molecule has 3 rings (SSSR count). The van der Waals surface area contributed by atoms with Crippen molar-refractivity contribution in [3.63, 3.8) is 0 Å². The minimum absolute atomic E-state index is 0.142. The summed E-state index contributed by atoms with van der Waals surface area (Å²) in [5.41, 5.74) is 5.89. The highest BCUT2D eigenvalue weighted by atomic mass is 19.1. The molecule has 0 aliphatic heterocycles. The lowest BCUT2D eigenvalue weighted by Crippen LogP contribution is -2.37. The van der Waals surface area contributed by atoms with E-state index in [9.17, 15) is 4.39 Å². The molecule has 34 heavy (non-hydrogen) atoms. The lowest BCUT2D eigenvalue weighted by atomic mass is 9.97. The van der Waals surface area contributed by atoms with Crippen LogP contribution in [0.3, 0.4) is 0 Å².